The van der Waals surface area contributed by atoms with Crippen LogP contribution in [0.5, 0.6) is 0 Å². The quantitative estimate of drug-likeness (QED) is 0.340. The number of nitro benzene ring substituents is 2. The van der Waals surface area contributed by atoms with Gasteiger partial charge in [-0.3, -0.25) is 20.2 Å². The maximum absolute atomic E-state index is 11.0. The molecule has 0 saturated carbocycles. The molecule has 5 rings (SSSR count). The largest absolute Gasteiger partial charge is 0.337 e. The van der Waals surface area contributed by atoms with Crippen LogP contribution in [0, 0.1) is 20.2 Å². The fourth-order valence-electron chi connectivity index (χ4n) is 3.16. The van der Waals surface area contributed by atoms with Crippen LogP contribution in [0.1, 0.15) is 0 Å². The molecule has 0 amide bonds. The molecule has 2 N–H and O–H groups in total. The molecule has 30 heavy (non-hydrogen) atoms. The number of H-pyrrole nitrogens is 2. The van der Waals surface area contributed by atoms with Gasteiger partial charge in [-0.1, -0.05) is 6.07 Å². The van der Waals surface area contributed by atoms with Gasteiger partial charge in [-0.2, -0.15) is 0 Å². The molecule has 0 aliphatic carbocycles. The number of benzene rings is 2. The highest BCUT2D eigenvalue weighted by Gasteiger charge is 2.14. The highest BCUT2D eigenvalue weighted by atomic mass is 16.6. The minimum Gasteiger partial charge on any atom is -0.337 e. The maximum atomic E-state index is 11.0. The number of nitro groups is 2. The first-order valence-corrected chi connectivity index (χ1v) is 8.74. The van der Waals surface area contributed by atoms with Crippen LogP contribution in [0.3, 0.4) is 0 Å². The molecule has 0 fully saturated rings. The van der Waals surface area contributed by atoms with E-state index in [0.717, 1.165) is 0 Å². The van der Waals surface area contributed by atoms with Gasteiger partial charge in [0.15, 0.2) is 11.6 Å². The van der Waals surface area contributed by atoms with Gasteiger partial charge in [-0.05, 0) is 24.3 Å². The number of rotatable bonds is 4. The van der Waals surface area contributed by atoms with Crippen LogP contribution in [0.2, 0.25) is 0 Å². The summed E-state index contributed by atoms with van der Waals surface area (Å²) in [7, 11) is 0. The van der Waals surface area contributed by atoms with Crippen molar-refractivity contribution in [2.75, 3.05) is 0 Å². The number of hydrogen-bond donors (Lipinski definition) is 2. The Bertz CT molecular complexity index is 1360. The van der Waals surface area contributed by atoms with Crippen molar-refractivity contribution in [3.05, 3.63) is 74.8 Å². The summed E-state index contributed by atoms with van der Waals surface area (Å²) in [6.45, 7) is 0. The Morgan fingerprint density at radius 1 is 0.667 bits per heavy atom. The van der Waals surface area contributed by atoms with E-state index in [1.165, 1.54) is 24.3 Å². The summed E-state index contributed by atoms with van der Waals surface area (Å²) in [6.07, 6.45) is 0. The van der Waals surface area contributed by atoms with Gasteiger partial charge in [0.2, 0.25) is 0 Å². The molecular weight excluding hydrogens is 390 g/mol. The van der Waals surface area contributed by atoms with E-state index in [0.29, 0.717) is 45.1 Å². The smallest absolute Gasteiger partial charge is 0.271 e. The molecule has 0 spiro atoms. The summed E-state index contributed by atoms with van der Waals surface area (Å²) in [5.41, 5.74) is 3.19. The highest BCUT2D eigenvalue weighted by molar-refractivity contribution is 5.82. The summed E-state index contributed by atoms with van der Waals surface area (Å²) in [5.74, 6) is 0.915. The van der Waals surface area contributed by atoms with E-state index in [4.69, 9.17) is 0 Å². The van der Waals surface area contributed by atoms with E-state index >= 15 is 0 Å². The van der Waals surface area contributed by atoms with Crippen molar-refractivity contribution < 1.29 is 9.85 Å². The zero-order chi connectivity index (χ0) is 20.8. The number of aromatic nitrogens is 5. The molecule has 0 atom stereocenters. The number of non-ortho nitro benzene ring substituents is 2. The molecule has 0 radical (unpaired) electrons. The molecule has 5 aromatic rings. The first-order chi connectivity index (χ1) is 14.5. The average Bonchev–Trinajstić information content (AvgIpc) is 3.36. The van der Waals surface area contributed by atoms with Gasteiger partial charge < -0.3 is 9.97 Å². The normalized spacial score (nSPS) is 11.2. The Kier molecular flexibility index (Phi) is 3.74. The number of nitrogens with zero attached hydrogens (tertiary/aromatic N) is 5. The number of imidazole rings is 2. The second-order valence-electron chi connectivity index (χ2n) is 6.50. The van der Waals surface area contributed by atoms with E-state index < -0.39 is 9.85 Å². The van der Waals surface area contributed by atoms with Crippen molar-refractivity contribution in [1.82, 2.24) is 24.9 Å². The molecule has 0 aliphatic rings. The summed E-state index contributed by atoms with van der Waals surface area (Å²) in [6, 6.07) is 14.1. The lowest BCUT2D eigenvalue weighted by molar-refractivity contribution is -0.384. The second-order valence-corrected chi connectivity index (χ2v) is 6.50. The molecule has 146 valence electrons. The Hall–Kier alpha value is -4.67. The van der Waals surface area contributed by atoms with Gasteiger partial charge in [-0.15, -0.1) is 0 Å². The number of fused-ring (bicyclic) bond motifs is 2. The Morgan fingerprint density at radius 2 is 1.13 bits per heavy atom. The van der Waals surface area contributed by atoms with Crippen LogP contribution in [0.4, 0.5) is 11.4 Å². The van der Waals surface area contributed by atoms with Crippen molar-refractivity contribution >= 4 is 33.4 Å². The minimum absolute atomic E-state index is 0.0429. The highest BCUT2D eigenvalue weighted by Crippen LogP contribution is 2.26. The Labute approximate surface area is 166 Å². The minimum atomic E-state index is -0.474. The van der Waals surface area contributed by atoms with E-state index in [1.54, 1.807) is 30.3 Å². The summed E-state index contributed by atoms with van der Waals surface area (Å²) >= 11 is 0. The lowest BCUT2D eigenvalue weighted by Gasteiger charge is -1.99. The van der Waals surface area contributed by atoms with Crippen LogP contribution in [0.25, 0.3) is 45.1 Å². The zero-order valence-electron chi connectivity index (χ0n) is 15.1. The van der Waals surface area contributed by atoms with Crippen molar-refractivity contribution in [3.63, 3.8) is 0 Å². The monoisotopic (exact) mass is 401 g/mol. The standard InChI is InChI=1S/C19H11N7O4/c27-25(28)10-4-6-12-16(8-10)23-18(21-12)14-2-1-3-15(20-14)19-22-13-7-5-11(26(29)30)9-17(13)24-19/h1-9H,(H,21,23)(H,22,24). The van der Waals surface area contributed by atoms with Crippen molar-refractivity contribution in [2.45, 2.75) is 0 Å². The lowest BCUT2D eigenvalue weighted by Crippen LogP contribution is -1.90. The van der Waals surface area contributed by atoms with Crippen LogP contribution < -0.4 is 0 Å². The first kappa shape index (κ1) is 17.4. The zero-order valence-corrected chi connectivity index (χ0v) is 15.1. The molecule has 0 aliphatic heterocycles. The van der Waals surface area contributed by atoms with Gasteiger partial charge in [0.05, 0.1) is 31.9 Å². The average molecular weight is 401 g/mol. The third kappa shape index (κ3) is 2.90. The summed E-state index contributed by atoms with van der Waals surface area (Å²) in [5, 5.41) is 21.9. The lowest BCUT2D eigenvalue weighted by atomic mass is 10.3. The number of aromatic amines is 2. The van der Waals surface area contributed by atoms with Gasteiger partial charge in [0, 0.05) is 24.3 Å². The van der Waals surface area contributed by atoms with Crippen LogP contribution in [-0.4, -0.2) is 34.8 Å². The predicted octanol–water partition coefficient (Wildman–Crippen LogP) is 3.98. The molecule has 3 heterocycles. The SMILES string of the molecule is O=[N+]([O-])c1ccc2[nH]c(-c3cccc(-c4nc5cc([N+](=O)[O-])ccc5[nH]4)n3)nc2c1. The second kappa shape index (κ2) is 6.44. The van der Waals surface area contributed by atoms with Crippen LogP contribution >= 0.6 is 0 Å². The first-order valence-electron chi connectivity index (χ1n) is 8.74. The molecule has 0 unspecified atom stereocenters. The topological polar surface area (TPSA) is 157 Å². The fraction of sp³-hybridized carbons (Fsp3) is 0. The van der Waals surface area contributed by atoms with Crippen molar-refractivity contribution in [2.24, 2.45) is 0 Å². The number of hydrogen-bond acceptors (Lipinski definition) is 7. The van der Waals surface area contributed by atoms with E-state index in [-0.39, 0.29) is 11.4 Å². The van der Waals surface area contributed by atoms with Gasteiger partial charge >= 0.3 is 0 Å². The molecule has 0 bridgehead atoms. The molecular formula is C19H11N7O4. The third-order valence-corrected chi connectivity index (χ3v) is 4.59. The maximum Gasteiger partial charge on any atom is 0.271 e. The molecule has 3 aromatic heterocycles. The van der Waals surface area contributed by atoms with E-state index in [1.807, 2.05) is 0 Å². The molecule has 11 nitrogen and oxygen atoms in total. The van der Waals surface area contributed by atoms with Gasteiger partial charge in [0.1, 0.15) is 11.4 Å². The van der Waals surface area contributed by atoms with E-state index in [9.17, 15) is 20.2 Å². The summed E-state index contributed by atoms with van der Waals surface area (Å²) in [4.78, 5) is 40.6. The molecule has 11 heteroatoms. The van der Waals surface area contributed by atoms with Crippen LogP contribution in [0.15, 0.2) is 54.6 Å². The number of pyridine rings is 1. The van der Waals surface area contributed by atoms with Crippen LogP contribution in [-0.2, 0) is 0 Å². The number of nitrogens with one attached hydrogen (secondary N) is 2. The predicted molar refractivity (Wildman–Crippen MR) is 108 cm³/mol. The van der Waals surface area contributed by atoms with E-state index in [2.05, 4.69) is 24.9 Å². The van der Waals surface area contributed by atoms with Crippen molar-refractivity contribution in [1.29, 1.82) is 0 Å². The fourth-order valence-corrected chi connectivity index (χ4v) is 3.16. The molecule has 2 aromatic carbocycles. The summed E-state index contributed by atoms with van der Waals surface area (Å²) < 4.78 is 0. The van der Waals surface area contributed by atoms with Gasteiger partial charge in [0.25, 0.3) is 11.4 Å². The third-order valence-electron chi connectivity index (χ3n) is 4.59. The Balaban J connectivity index is 1.55. The molecule has 0 saturated heterocycles. The van der Waals surface area contributed by atoms with Crippen molar-refractivity contribution in [3.8, 4) is 23.0 Å². The van der Waals surface area contributed by atoms with Gasteiger partial charge in [-0.25, -0.2) is 15.0 Å². The Morgan fingerprint density at radius 3 is 1.57 bits per heavy atom.